The third-order valence-corrected chi connectivity index (χ3v) is 3.24. The number of hydrogen-bond donors (Lipinski definition) is 1. The topological polar surface area (TPSA) is 37.3 Å². The molecule has 0 amide bonds. The normalized spacial score (nSPS) is 15.4. The van der Waals surface area contributed by atoms with Gasteiger partial charge in [0.2, 0.25) is 0 Å². The van der Waals surface area contributed by atoms with Crippen LogP contribution in [0.2, 0.25) is 0 Å². The summed E-state index contributed by atoms with van der Waals surface area (Å²) in [5.41, 5.74) is 0.0735. The van der Waals surface area contributed by atoms with Crippen LogP contribution in [0.4, 0.5) is 0 Å². The molecule has 1 saturated carbocycles. The number of nitrogens with one attached hydrogen (secondary N) is 1. The van der Waals surface area contributed by atoms with Gasteiger partial charge in [-0.1, -0.05) is 6.07 Å². The van der Waals surface area contributed by atoms with E-state index in [1.165, 1.54) is 12.8 Å². The molecule has 0 spiro atoms. The van der Waals surface area contributed by atoms with Crippen molar-refractivity contribution in [2.24, 2.45) is 0 Å². The van der Waals surface area contributed by atoms with E-state index >= 15 is 0 Å². The highest BCUT2D eigenvalue weighted by Gasteiger charge is 2.25. The molecule has 0 bridgehead atoms. The summed E-state index contributed by atoms with van der Waals surface area (Å²) in [6.07, 6.45) is 4.55. The Bertz CT molecular complexity index is 398. The zero-order valence-electron chi connectivity index (χ0n) is 10.4. The van der Waals surface area contributed by atoms with Gasteiger partial charge >= 0.3 is 0 Å². The van der Waals surface area contributed by atoms with Gasteiger partial charge in [-0.05, 0) is 26.0 Å². The minimum Gasteiger partial charge on any atom is -0.314 e. The fraction of sp³-hybridized carbons (Fsp3) is 0.615. The summed E-state index contributed by atoms with van der Waals surface area (Å²) in [5, 5.41) is 3.37. The fourth-order valence-corrected chi connectivity index (χ4v) is 1.92. The molecule has 4 heteroatoms. The maximum absolute atomic E-state index is 11.4. The first kappa shape index (κ1) is 12.3. The zero-order valence-corrected chi connectivity index (χ0v) is 10.4. The van der Waals surface area contributed by atoms with Gasteiger partial charge < -0.3 is 14.8 Å². The van der Waals surface area contributed by atoms with E-state index in [9.17, 15) is 4.79 Å². The summed E-state index contributed by atoms with van der Waals surface area (Å²) >= 11 is 0. The molecule has 1 aliphatic carbocycles. The minimum atomic E-state index is 0.0735. The minimum absolute atomic E-state index is 0.0735. The molecular weight excluding hydrogens is 214 g/mol. The standard InChI is InChI=1S/C13H21N3O/c1-15(12-5-6-12)10-7-14-8-11-16-9-3-2-4-13(16)17/h2-4,9,12,14H,5-8,10-11H2,1H3. The molecule has 0 aromatic carbocycles. The molecule has 1 aliphatic rings. The lowest BCUT2D eigenvalue weighted by Crippen LogP contribution is -2.33. The lowest BCUT2D eigenvalue weighted by molar-refractivity contribution is 0.321. The maximum atomic E-state index is 11.4. The quantitative estimate of drug-likeness (QED) is 0.701. The van der Waals surface area contributed by atoms with Crippen molar-refractivity contribution in [2.75, 3.05) is 26.7 Å². The Labute approximate surface area is 102 Å². The first-order chi connectivity index (χ1) is 8.27. The summed E-state index contributed by atoms with van der Waals surface area (Å²) in [6, 6.07) is 6.09. The van der Waals surface area contributed by atoms with Crippen LogP contribution in [0.25, 0.3) is 0 Å². The van der Waals surface area contributed by atoms with Gasteiger partial charge in [0, 0.05) is 44.5 Å². The highest BCUT2D eigenvalue weighted by Crippen LogP contribution is 2.24. The predicted molar refractivity (Wildman–Crippen MR) is 69.2 cm³/mol. The summed E-state index contributed by atoms with van der Waals surface area (Å²) in [5.74, 6) is 0. The van der Waals surface area contributed by atoms with Crippen molar-refractivity contribution in [1.29, 1.82) is 0 Å². The van der Waals surface area contributed by atoms with E-state index in [1.807, 2.05) is 12.3 Å². The van der Waals surface area contributed by atoms with Gasteiger partial charge in [0.05, 0.1) is 0 Å². The number of likely N-dealkylation sites (N-methyl/N-ethyl adjacent to an activating group) is 1. The van der Waals surface area contributed by atoms with Crippen LogP contribution < -0.4 is 10.9 Å². The second-order valence-corrected chi connectivity index (χ2v) is 4.69. The fourth-order valence-electron chi connectivity index (χ4n) is 1.92. The highest BCUT2D eigenvalue weighted by atomic mass is 16.1. The molecule has 1 N–H and O–H groups in total. The van der Waals surface area contributed by atoms with Crippen molar-refractivity contribution >= 4 is 0 Å². The van der Waals surface area contributed by atoms with Gasteiger partial charge in [-0.2, -0.15) is 0 Å². The Morgan fingerprint density at radius 2 is 2.24 bits per heavy atom. The van der Waals surface area contributed by atoms with Gasteiger partial charge in [0.25, 0.3) is 5.56 Å². The third-order valence-electron chi connectivity index (χ3n) is 3.24. The van der Waals surface area contributed by atoms with Crippen LogP contribution in [0.1, 0.15) is 12.8 Å². The van der Waals surface area contributed by atoms with Crippen LogP contribution in [-0.4, -0.2) is 42.2 Å². The molecule has 17 heavy (non-hydrogen) atoms. The largest absolute Gasteiger partial charge is 0.314 e. The number of rotatable bonds is 7. The molecule has 1 aromatic heterocycles. The number of nitrogens with zero attached hydrogens (tertiary/aromatic N) is 2. The van der Waals surface area contributed by atoms with Crippen molar-refractivity contribution in [3.8, 4) is 0 Å². The smallest absolute Gasteiger partial charge is 0.250 e. The van der Waals surface area contributed by atoms with Crippen LogP contribution in [0, 0.1) is 0 Å². The summed E-state index contributed by atoms with van der Waals surface area (Å²) < 4.78 is 1.73. The molecule has 2 rings (SSSR count). The predicted octanol–water partition coefficient (Wildman–Crippen LogP) is 0.532. The molecule has 1 aromatic rings. The Morgan fingerprint density at radius 1 is 1.41 bits per heavy atom. The van der Waals surface area contributed by atoms with Crippen molar-refractivity contribution in [1.82, 2.24) is 14.8 Å². The van der Waals surface area contributed by atoms with Gasteiger partial charge in [0.15, 0.2) is 0 Å². The Morgan fingerprint density at radius 3 is 2.94 bits per heavy atom. The SMILES string of the molecule is CN(CCNCCn1ccccc1=O)C1CC1. The molecule has 0 unspecified atom stereocenters. The van der Waals surface area contributed by atoms with E-state index < -0.39 is 0 Å². The lowest BCUT2D eigenvalue weighted by Gasteiger charge is -2.15. The van der Waals surface area contributed by atoms with Crippen LogP contribution >= 0.6 is 0 Å². The van der Waals surface area contributed by atoms with E-state index in [-0.39, 0.29) is 5.56 Å². The second-order valence-electron chi connectivity index (χ2n) is 4.69. The first-order valence-corrected chi connectivity index (χ1v) is 6.34. The molecule has 1 heterocycles. The third kappa shape index (κ3) is 3.98. The number of hydrogen-bond acceptors (Lipinski definition) is 3. The monoisotopic (exact) mass is 235 g/mol. The van der Waals surface area contributed by atoms with Crippen LogP contribution in [0.5, 0.6) is 0 Å². The van der Waals surface area contributed by atoms with E-state index in [0.29, 0.717) is 0 Å². The molecule has 0 atom stereocenters. The van der Waals surface area contributed by atoms with E-state index in [0.717, 1.165) is 32.2 Å². The van der Waals surface area contributed by atoms with Crippen molar-refractivity contribution in [2.45, 2.75) is 25.4 Å². The molecule has 94 valence electrons. The van der Waals surface area contributed by atoms with E-state index in [1.54, 1.807) is 16.7 Å². The van der Waals surface area contributed by atoms with E-state index in [4.69, 9.17) is 0 Å². The Hall–Kier alpha value is -1.13. The Balaban J connectivity index is 1.60. The summed E-state index contributed by atoms with van der Waals surface area (Å²) in [6.45, 7) is 3.68. The van der Waals surface area contributed by atoms with Crippen molar-refractivity contribution < 1.29 is 0 Å². The van der Waals surface area contributed by atoms with Crippen LogP contribution in [0.3, 0.4) is 0 Å². The number of pyridine rings is 1. The van der Waals surface area contributed by atoms with Gasteiger partial charge in [-0.15, -0.1) is 0 Å². The van der Waals surface area contributed by atoms with Crippen LogP contribution in [0.15, 0.2) is 29.2 Å². The first-order valence-electron chi connectivity index (χ1n) is 6.34. The number of aromatic nitrogens is 1. The average molecular weight is 235 g/mol. The van der Waals surface area contributed by atoms with Gasteiger partial charge in [-0.3, -0.25) is 4.79 Å². The summed E-state index contributed by atoms with van der Waals surface area (Å²) in [7, 11) is 2.18. The Kier molecular flexibility index (Phi) is 4.34. The van der Waals surface area contributed by atoms with Crippen LogP contribution in [-0.2, 0) is 6.54 Å². The van der Waals surface area contributed by atoms with Gasteiger partial charge in [-0.25, -0.2) is 0 Å². The van der Waals surface area contributed by atoms with E-state index in [2.05, 4.69) is 17.3 Å². The lowest BCUT2D eigenvalue weighted by atomic mass is 10.4. The molecular formula is C13H21N3O. The summed E-state index contributed by atoms with van der Waals surface area (Å²) in [4.78, 5) is 13.8. The zero-order chi connectivity index (χ0) is 12.1. The highest BCUT2D eigenvalue weighted by molar-refractivity contribution is 4.93. The molecule has 4 nitrogen and oxygen atoms in total. The molecule has 0 radical (unpaired) electrons. The molecule has 1 fully saturated rings. The molecule has 0 aliphatic heterocycles. The average Bonchev–Trinajstić information content (AvgIpc) is 3.14. The maximum Gasteiger partial charge on any atom is 0.250 e. The van der Waals surface area contributed by atoms with Crippen molar-refractivity contribution in [3.63, 3.8) is 0 Å². The van der Waals surface area contributed by atoms with Gasteiger partial charge in [0.1, 0.15) is 0 Å². The molecule has 0 saturated heterocycles. The second kappa shape index (κ2) is 5.98. The van der Waals surface area contributed by atoms with Crippen molar-refractivity contribution in [3.05, 3.63) is 34.7 Å².